The van der Waals surface area contributed by atoms with E-state index in [4.69, 9.17) is 0 Å². The van der Waals surface area contributed by atoms with E-state index in [1.807, 2.05) is 20.0 Å². The van der Waals surface area contributed by atoms with Crippen LogP contribution in [-0.4, -0.2) is 78.7 Å². The quantitative estimate of drug-likeness (QED) is 0.487. The molecule has 1 fully saturated rings. The molecule has 2 unspecified atom stereocenters. The zero-order valence-corrected chi connectivity index (χ0v) is 18.9. The van der Waals surface area contributed by atoms with Crippen molar-refractivity contribution in [1.82, 2.24) is 14.7 Å². The number of amides is 1. The number of carbonyl (C=O) groups excluding carboxylic acids is 2. The summed E-state index contributed by atoms with van der Waals surface area (Å²) in [5.41, 5.74) is 0.575. The Bertz CT molecular complexity index is 720. The van der Waals surface area contributed by atoms with E-state index in [0.717, 1.165) is 32.3 Å². The average Bonchev–Trinajstić information content (AvgIpc) is 2.70. The fourth-order valence-corrected chi connectivity index (χ4v) is 3.60. The Morgan fingerprint density at radius 3 is 2.66 bits per heavy atom. The van der Waals surface area contributed by atoms with Crippen LogP contribution in [0.25, 0.3) is 0 Å². The Morgan fingerprint density at radius 2 is 2.07 bits per heavy atom. The highest BCUT2D eigenvalue weighted by Crippen LogP contribution is 2.31. The van der Waals surface area contributed by atoms with Crippen LogP contribution >= 0.6 is 0 Å². The molecule has 0 aromatic heterocycles. The molecule has 0 bridgehead atoms. The van der Waals surface area contributed by atoms with E-state index in [1.165, 1.54) is 5.57 Å². The summed E-state index contributed by atoms with van der Waals surface area (Å²) in [4.78, 5) is 30.4. The van der Waals surface area contributed by atoms with Crippen molar-refractivity contribution in [2.24, 2.45) is 5.41 Å². The van der Waals surface area contributed by atoms with E-state index in [1.54, 1.807) is 25.8 Å². The van der Waals surface area contributed by atoms with Crippen LogP contribution in [-0.2, 0) is 9.59 Å². The molecule has 1 heterocycles. The number of hydrogen-bond donors (Lipinski definition) is 0. The molecule has 2 aliphatic rings. The second-order valence-electron chi connectivity index (χ2n) is 9.11. The SMILES string of the molecule is C/C=C\C=C/C1(C)C=CC(CN2CCN(C)C(C(=O)N(C)C(C)(C)C=O)C2)=CC1. The van der Waals surface area contributed by atoms with Crippen LogP contribution in [0.1, 0.15) is 34.1 Å². The monoisotopic (exact) mass is 399 g/mol. The third-order valence-corrected chi connectivity index (χ3v) is 6.17. The highest BCUT2D eigenvalue weighted by atomic mass is 16.2. The Hall–Kier alpha value is -1.98. The number of likely N-dealkylation sites (N-methyl/N-ethyl adjacent to an activating group) is 2. The number of nitrogens with zero attached hydrogens (tertiary/aromatic N) is 3. The third-order valence-electron chi connectivity index (χ3n) is 6.17. The Labute approximate surface area is 176 Å². The van der Waals surface area contributed by atoms with Crippen molar-refractivity contribution < 1.29 is 9.59 Å². The number of rotatable bonds is 7. The first-order valence-electron chi connectivity index (χ1n) is 10.5. The van der Waals surface area contributed by atoms with Gasteiger partial charge in [0, 0.05) is 38.6 Å². The molecule has 0 spiro atoms. The molecule has 1 amide bonds. The van der Waals surface area contributed by atoms with Crippen molar-refractivity contribution in [2.45, 2.75) is 45.7 Å². The van der Waals surface area contributed by atoms with Crippen LogP contribution in [0.3, 0.4) is 0 Å². The van der Waals surface area contributed by atoms with Gasteiger partial charge in [-0.25, -0.2) is 0 Å². The van der Waals surface area contributed by atoms with E-state index >= 15 is 0 Å². The molecule has 0 aromatic carbocycles. The van der Waals surface area contributed by atoms with Gasteiger partial charge >= 0.3 is 0 Å². The zero-order valence-electron chi connectivity index (χ0n) is 18.9. The van der Waals surface area contributed by atoms with Crippen molar-refractivity contribution in [2.75, 3.05) is 40.3 Å². The van der Waals surface area contributed by atoms with E-state index in [9.17, 15) is 9.59 Å². The van der Waals surface area contributed by atoms with Gasteiger partial charge in [-0.05, 0) is 39.8 Å². The molecular formula is C24H37N3O2. The van der Waals surface area contributed by atoms with Gasteiger partial charge in [-0.15, -0.1) is 0 Å². The van der Waals surface area contributed by atoms with Crippen LogP contribution in [0.4, 0.5) is 0 Å². The predicted molar refractivity (Wildman–Crippen MR) is 120 cm³/mol. The van der Waals surface area contributed by atoms with Gasteiger partial charge in [0.05, 0.1) is 5.54 Å². The van der Waals surface area contributed by atoms with E-state index in [-0.39, 0.29) is 17.4 Å². The highest BCUT2D eigenvalue weighted by molar-refractivity contribution is 5.85. The zero-order chi connectivity index (χ0) is 21.7. The Kier molecular flexibility index (Phi) is 7.78. The van der Waals surface area contributed by atoms with Gasteiger partial charge in [0.15, 0.2) is 0 Å². The van der Waals surface area contributed by atoms with Crippen LogP contribution < -0.4 is 0 Å². The Morgan fingerprint density at radius 1 is 1.34 bits per heavy atom. The molecule has 2 atom stereocenters. The molecule has 0 radical (unpaired) electrons. The molecule has 29 heavy (non-hydrogen) atoms. The largest absolute Gasteiger partial charge is 0.332 e. The fourth-order valence-electron chi connectivity index (χ4n) is 3.60. The van der Waals surface area contributed by atoms with Gasteiger partial charge < -0.3 is 9.69 Å². The number of allylic oxidation sites excluding steroid dienone is 6. The minimum atomic E-state index is -0.792. The van der Waals surface area contributed by atoms with Crippen molar-refractivity contribution >= 4 is 12.2 Å². The van der Waals surface area contributed by atoms with Crippen LogP contribution in [0.5, 0.6) is 0 Å². The van der Waals surface area contributed by atoms with Gasteiger partial charge in [0.1, 0.15) is 12.3 Å². The first-order valence-corrected chi connectivity index (χ1v) is 10.5. The van der Waals surface area contributed by atoms with Gasteiger partial charge in [-0.2, -0.15) is 0 Å². The second-order valence-corrected chi connectivity index (χ2v) is 9.11. The first-order chi connectivity index (χ1) is 13.6. The number of carbonyl (C=O) groups is 2. The number of aldehydes is 1. The number of piperazine rings is 1. The summed E-state index contributed by atoms with van der Waals surface area (Å²) >= 11 is 0. The van der Waals surface area contributed by atoms with E-state index < -0.39 is 5.54 Å². The van der Waals surface area contributed by atoms with Gasteiger partial charge in [-0.1, -0.05) is 49.5 Å². The molecule has 0 saturated carbocycles. The van der Waals surface area contributed by atoms with Crippen molar-refractivity contribution in [3.8, 4) is 0 Å². The molecular weight excluding hydrogens is 362 g/mol. The fraction of sp³-hybridized carbons (Fsp3) is 0.583. The van der Waals surface area contributed by atoms with Crippen LogP contribution in [0.15, 0.2) is 48.1 Å². The standard InChI is InChI=1S/C24H37N3O2/c1-7-8-9-12-24(4)13-10-20(11-14-24)17-27-16-15-25(5)21(18-27)22(29)26(6)23(2,3)19-28/h7-13,19,21H,14-18H2,1-6H3/b8-7-,12-9-. The molecule has 5 nitrogen and oxygen atoms in total. The molecule has 2 rings (SSSR count). The second kappa shape index (κ2) is 9.68. The summed E-state index contributed by atoms with van der Waals surface area (Å²) in [6.07, 6.45) is 17.1. The molecule has 1 saturated heterocycles. The predicted octanol–water partition coefficient (Wildman–Crippen LogP) is 3.06. The maximum absolute atomic E-state index is 13.0. The van der Waals surface area contributed by atoms with Gasteiger partial charge in [-0.3, -0.25) is 14.6 Å². The van der Waals surface area contributed by atoms with Gasteiger partial charge in [0.2, 0.25) is 5.91 Å². The first kappa shape index (κ1) is 23.3. The molecule has 1 aliphatic heterocycles. The smallest absolute Gasteiger partial charge is 0.241 e. The summed E-state index contributed by atoms with van der Waals surface area (Å²) in [5, 5.41) is 0. The van der Waals surface area contributed by atoms with E-state index in [2.05, 4.69) is 53.2 Å². The lowest BCUT2D eigenvalue weighted by molar-refractivity contribution is -0.145. The summed E-state index contributed by atoms with van der Waals surface area (Å²) in [7, 11) is 3.71. The van der Waals surface area contributed by atoms with Gasteiger partial charge in [0.25, 0.3) is 0 Å². The maximum Gasteiger partial charge on any atom is 0.241 e. The third kappa shape index (κ3) is 6.00. The minimum absolute atomic E-state index is 0.00385. The van der Waals surface area contributed by atoms with Crippen LogP contribution in [0, 0.1) is 5.41 Å². The summed E-state index contributed by atoms with van der Waals surface area (Å²) in [6.45, 7) is 11.1. The molecule has 1 aliphatic carbocycles. The molecule has 0 N–H and O–H groups in total. The van der Waals surface area contributed by atoms with Crippen molar-refractivity contribution in [3.05, 3.63) is 48.1 Å². The molecule has 160 valence electrons. The summed E-state index contributed by atoms with van der Waals surface area (Å²) < 4.78 is 0. The maximum atomic E-state index is 13.0. The Balaban J connectivity index is 1.99. The number of hydrogen-bond acceptors (Lipinski definition) is 4. The summed E-state index contributed by atoms with van der Waals surface area (Å²) in [6, 6.07) is -0.227. The topological polar surface area (TPSA) is 43.9 Å². The normalized spacial score (nSPS) is 26.8. The lowest BCUT2D eigenvalue weighted by atomic mass is 9.81. The lowest BCUT2D eigenvalue weighted by Gasteiger charge is -2.42. The van der Waals surface area contributed by atoms with Crippen molar-refractivity contribution in [3.63, 3.8) is 0 Å². The van der Waals surface area contributed by atoms with Crippen molar-refractivity contribution in [1.29, 1.82) is 0 Å². The molecule has 5 heteroatoms. The average molecular weight is 400 g/mol. The summed E-state index contributed by atoms with van der Waals surface area (Å²) in [5.74, 6) is 0.00385. The highest BCUT2D eigenvalue weighted by Gasteiger charge is 2.36. The lowest BCUT2D eigenvalue weighted by Crippen LogP contribution is -2.61. The van der Waals surface area contributed by atoms with E-state index in [0.29, 0.717) is 6.54 Å². The minimum Gasteiger partial charge on any atom is -0.332 e. The molecule has 0 aromatic rings. The van der Waals surface area contributed by atoms with Crippen LogP contribution in [0.2, 0.25) is 0 Å².